The number of primary amides is 2. The number of amides is 2. The lowest BCUT2D eigenvalue weighted by Gasteiger charge is -2.22. The van der Waals surface area contributed by atoms with E-state index in [1.54, 1.807) is 6.07 Å². The van der Waals surface area contributed by atoms with Crippen LogP contribution in [0, 0.1) is 11.3 Å². The molecule has 0 saturated heterocycles. The van der Waals surface area contributed by atoms with Crippen LogP contribution in [0.5, 0.6) is 0 Å². The number of carbonyl (C=O) groups is 2. The maximum atomic E-state index is 11.1. The number of carbonyl (C=O) groups excluding carboxylic acids is 2. The smallest absolute Gasteiger partial charge is 0.237 e. The highest BCUT2D eigenvalue weighted by Gasteiger charge is 2.22. The van der Waals surface area contributed by atoms with Crippen LogP contribution in [0.25, 0.3) is 0 Å². The van der Waals surface area contributed by atoms with Crippen LogP contribution in [0.4, 0.5) is 5.82 Å². The van der Waals surface area contributed by atoms with E-state index in [2.05, 4.69) is 4.98 Å². The summed E-state index contributed by atoms with van der Waals surface area (Å²) in [6.45, 7) is -0.410. The molecule has 1 aliphatic carbocycles. The van der Waals surface area contributed by atoms with Gasteiger partial charge in [-0.1, -0.05) is 0 Å². The van der Waals surface area contributed by atoms with Gasteiger partial charge in [-0.25, -0.2) is 4.98 Å². The highest BCUT2D eigenvalue weighted by molar-refractivity contribution is 5.85. The predicted octanol–water partition coefficient (Wildman–Crippen LogP) is -0.781. The van der Waals surface area contributed by atoms with Crippen molar-refractivity contribution in [2.75, 3.05) is 18.0 Å². The molecular weight excluding hydrogens is 258 g/mol. The Bertz CT molecular complexity index is 590. The maximum absolute atomic E-state index is 11.1. The second-order valence-electron chi connectivity index (χ2n) is 4.72. The molecule has 7 heteroatoms. The molecule has 0 aromatic carbocycles. The Morgan fingerprint density at radius 1 is 1.30 bits per heavy atom. The Morgan fingerprint density at radius 2 is 1.95 bits per heavy atom. The number of fused-ring (bicyclic) bond motifs is 1. The SMILES string of the molecule is N#Cc1cc2c(nc1N(CC(N)=O)CC(N)=O)CCC2. The lowest BCUT2D eigenvalue weighted by atomic mass is 10.1. The molecule has 4 N–H and O–H groups in total. The molecule has 2 amide bonds. The van der Waals surface area contributed by atoms with Gasteiger partial charge in [0.1, 0.15) is 11.9 Å². The number of nitriles is 1. The van der Waals surface area contributed by atoms with Crippen molar-refractivity contribution in [3.63, 3.8) is 0 Å². The Balaban J connectivity index is 2.43. The standard InChI is InChI=1S/C13H15N5O2/c14-5-9-4-8-2-1-3-10(8)17-13(9)18(6-11(15)19)7-12(16)20/h4H,1-3,6-7H2,(H2,15,19)(H2,16,20). The molecule has 0 fully saturated rings. The van der Waals surface area contributed by atoms with Crippen molar-refractivity contribution < 1.29 is 9.59 Å². The normalized spacial score (nSPS) is 12.6. The average molecular weight is 273 g/mol. The molecule has 1 heterocycles. The quantitative estimate of drug-likeness (QED) is 0.727. The van der Waals surface area contributed by atoms with Crippen LogP contribution >= 0.6 is 0 Å². The zero-order valence-electron chi connectivity index (χ0n) is 10.9. The van der Waals surface area contributed by atoms with Gasteiger partial charge in [-0.2, -0.15) is 5.26 Å². The van der Waals surface area contributed by atoms with E-state index in [0.29, 0.717) is 11.4 Å². The third kappa shape index (κ3) is 2.85. The molecule has 0 atom stereocenters. The topological polar surface area (TPSA) is 126 Å². The number of hydrogen-bond donors (Lipinski definition) is 2. The fraction of sp³-hybridized carbons (Fsp3) is 0.385. The number of aromatic nitrogens is 1. The minimum atomic E-state index is -0.613. The summed E-state index contributed by atoms with van der Waals surface area (Å²) in [6.07, 6.45) is 2.71. The molecule has 0 bridgehead atoms. The van der Waals surface area contributed by atoms with Gasteiger partial charge in [0.25, 0.3) is 0 Å². The van der Waals surface area contributed by atoms with Crippen molar-refractivity contribution in [3.05, 3.63) is 22.9 Å². The van der Waals surface area contributed by atoms with Crippen molar-refractivity contribution >= 4 is 17.6 Å². The number of rotatable bonds is 5. The number of nitrogens with two attached hydrogens (primary N) is 2. The van der Waals surface area contributed by atoms with Crippen molar-refractivity contribution in [1.29, 1.82) is 5.26 Å². The molecule has 0 saturated carbocycles. The first-order chi connectivity index (χ1) is 9.51. The van der Waals surface area contributed by atoms with Gasteiger partial charge < -0.3 is 16.4 Å². The highest BCUT2D eigenvalue weighted by atomic mass is 16.2. The minimum absolute atomic E-state index is 0.205. The van der Waals surface area contributed by atoms with E-state index in [-0.39, 0.29) is 13.1 Å². The van der Waals surface area contributed by atoms with E-state index in [0.717, 1.165) is 30.5 Å². The van der Waals surface area contributed by atoms with Crippen molar-refractivity contribution in [3.8, 4) is 6.07 Å². The molecule has 1 aromatic rings. The number of aryl methyl sites for hydroxylation is 2. The Hall–Kier alpha value is -2.62. The summed E-state index contributed by atoms with van der Waals surface area (Å²) in [5, 5.41) is 9.22. The summed E-state index contributed by atoms with van der Waals surface area (Å²) in [5.41, 5.74) is 12.6. The first kappa shape index (κ1) is 13.8. The van der Waals surface area contributed by atoms with Crippen molar-refractivity contribution in [1.82, 2.24) is 4.98 Å². The van der Waals surface area contributed by atoms with Crippen LogP contribution in [0.15, 0.2) is 6.07 Å². The predicted molar refractivity (Wildman–Crippen MR) is 71.6 cm³/mol. The number of nitrogens with zero attached hydrogens (tertiary/aromatic N) is 3. The molecular formula is C13H15N5O2. The second kappa shape index (κ2) is 5.57. The van der Waals surface area contributed by atoms with Gasteiger partial charge in [-0.3, -0.25) is 9.59 Å². The zero-order valence-corrected chi connectivity index (χ0v) is 10.9. The molecule has 0 spiro atoms. The van der Waals surface area contributed by atoms with Gasteiger partial charge in [0.05, 0.1) is 18.7 Å². The zero-order chi connectivity index (χ0) is 14.7. The van der Waals surface area contributed by atoms with E-state index in [1.807, 2.05) is 6.07 Å². The molecule has 104 valence electrons. The van der Waals surface area contributed by atoms with E-state index in [1.165, 1.54) is 4.90 Å². The lowest BCUT2D eigenvalue weighted by molar-refractivity contribution is -0.117. The van der Waals surface area contributed by atoms with E-state index >= 15 is 0 Å². The summed E-state index contributed by atoms with van der Waals surface area (Å²) >= 11 is 0. The Morgan fingerprint density at radius 3 is 2.50 bits per heavy atom. The van der Waals surface area contributed by atoms with Crippen LogP contribution in [0.3, 0.4) is 0 Å². The largest absolute Gasteiger partial charge is 0.368 e. The first-order valence-electron chi connectivity index (χ1n) is 6.25. The Labute approximate surface area is 116 Å². The third-order valence-corrected chi connectivity index (χ3v) is 3.14. The van der Waals surface area contributed by atoms with Crippen LogP contribution in [0.1, 0.15) is 23.2 Å². The van der Waals surface area contributed by atoms with Gasteiger partial charge >= 0.3 is 0 Å². The monoisotopic (exact) mass is 273 g/mol. The van der Waals surface area contributed by atoms with E-state index in [9.17, 15) is 14.9 Å². The van der Waals surface area contributed by atoms with Gasteiger partial charge in [0.15, 0.2) is 0 Å². The fourth-order valence-corrected chi connectivity index (χ4v) is 2.37. The summed E-state index contributed by atoms with van der Waals surface area (Å²) in [7, 11) is 0. The molecule has 1 aromatic heterocycles. The maximum Gasteiger partial charge on any atom is 0.237 e. The summed E-state index contributed by atoms with van der Waals surface area (Å²) in [5.74, 6) is -0.930. The van der Waals surface area contributed by atoms with E-state index < -0.39 is 11.8 Å². The molecule has 0 aliphatic heterocycles. The van der Waals surface area contributed by atoms with Gasteiger partial charge in [-0.15, -0.1) is 0 Å². The van der Waals surface area contributed by atoms with Crippen LogP contribution in [-0.2, 0) is 22.4 Å². The lowest BCUT2D eigenvalue weighted by Crippen LogP contribution is -2.40. The average Bonchev–Trinajstić information content (AvgIpc) is 2.82. The molecule has 7 nitrogen and oxygen atoms in total. The third-order valence-electron chi connectivity index (χ3n) is 3.14. The van der Waals surface area contributed by atoms with E-state index in [4.69, 9.17) is 11.5 Å². The van der Waals surface area contributed by atoms with Crippen LogP contribution in [0.2, 0.25) is 0 Å². The number of anilines is 1. The molecule has 1 aliphatic rings. The van der Waals surface area contributed by atoms with Crippen LogP contribution < -0.4 is 16.4 Å². The summed E-state index contributed by atoms with van der Waals surface area (Å²) in [6, 6.07) is 3.81. The highest BCUT2D eigenvalue weighted by Crippen LogP contribution is 2.26. The molecule has 2 rings (SSSR count). The first-order valence-corrected chi connectivity index (χ1v) is 6.25. The number of hydrogen-bond acceptors (Lipinski definition) is 5. The molecule has 20 heavy (non-hydrogen) atoms. The minimum Gasteiger partial charge on any atom is -0.368 e. The van der Waals surface area contributed by atoms with Gasteiger partial charge in [-0.05, 0) is 30.9 Å². The van der Waals surface area contributed by atoms with Crippen LogP contribution in [-0.4, -0.2) is 29.9 Å². The van der Waals surface area contributed by atoms with Gasteiger partial charge in [0, 0.05) is 5.69 Å². The van der Waals surface area contributed by atoms with Crippen molar-refractivity contribution in [2.45, 2.75) is 19.3 Å². The second-order valence-corrected chi connectivity index (χ2v) is 4.72. The Kier molecular flexibility index (Phi) is 3.84. The van der Waals surface area contributed by atoms with Gasteiger partial charge in [0.2, 0.25) is 11.8 Å². The summed E-state index contributed by atoms with van der Waals surface area (Å²) in [4.78, 5) is 28.0. The molecule has 0 radical (unpaired) electrons. The summed E-state index contributed by atoms with van der Waals surface area (Å²) < 4.78 is 0. The van der Waals surface area contributed by atoms with Crippen molar-refractivity contribution in [2.24, 2.45) is 11.5 Å². The fourth-order valence-electron chi connectivity index (χ4n) is 2.37. The molecule has 0 unspecified atom stereocenters. The number of pyridine rings is 1.